The van der Waals surface area contributed by atoms with Crippen LogP contribution in [0.2, 0.25) is 0 Å². The summed E-state index contributed by atoms with van der Waals surface area (Å²) in [6.07, 6.45) is 3.60. The largest absolute Gasteiger partial charge is 0.384 e. The maximum atomic E-state index is 11.7. The number of nitrogens with one attached hydrogen (secondary N) is 1. The Balaban J connectivity index is 1.63. The van der Waals surface area contributed by atoms with Crippen molar-refractivity contribution in [3.05, 3.63) is 11.7 Å². The molecule has 0 spiro atoms. The van der Waals surface area contributed by atoms with Crippen molar-refractivity contribution in [2.24, 2.45) is 0 Å². The van der Waals surface area contributed by atoms with Gasteiger partial charge in [0.1, 0.15) is 0 Å². The maximum absolute atomic E-state index is 11.7. The van der Waals surface area contributed by atoms with Gasteiger partial charge in [-0.3, -0.25) is 4.79 Å². The molecule has 2 heterocycles. The molecule has 0 saturated carbocycles. The summed E-state index contributed by atoms with van der Waals surface area (Å²) >= 11 is 0. The van der Waals surface area contributed by atoms with Crippen LogP contribution in [0.15, 0.2) is 4.52 Å². The molecule has 7 heteroatoms. The third-order valence-electron chi connectivity index (χ3n) is 3.33. The number of amides is 1. The fourth-order valence-electron chi connectivity index (χ4n) is 2.18. The smallest absolute Gasteiger partial charge is 0.229 e. The summed E-state index contributed by atoms with van der Waals surface area (Å²) in [7, 11) is 1.62. The van der Waals surface area contributed by atoms with Crippen LogP contribution in [0.1, 0.15) is 31.0 Å². The number of carbonyl (C=O) groups is 1. The van der Waals surface area contributed by atoms with Gasteiger partial charge in [-0.1, -0.05) is 5.16 Å². The normalized spacial score (nSPS) is 15.7. The van der Waals surface area contributed by atoms with Gasteiger partial charge in [-0.2, -0.15) is 4.98 Å². The van der Waals surface area contributed by atoms with Crippen molar-refractivity contribution in [2.45, 2.75) is 32.2 Å². The highest BCUT2D eigenvalue weighted by atomic mass is 16.5. The molecule has 1 aliphatic rings. The predicted molar refractivity (Wildman–Crippen MR) is 72.0 cm³/mol. The Morgan fingerprint density at radius 3 is 3.00 bits per heavy atom. The van der Waals surface area contributed by atoms with Gasteiger partial charge in [0.25, 0.3) is 0 Å². The van der Waals surface area contributed by atoms with Crippen molar-refractivity contribution in [3.63, 3.8) is 0 Å². The summed E-state index contributed by atoms with van der Waals surface area (Å²) in [5.74, 6) is 1.07. The van der Waals surface area contributed by atoms with Crippen LogP contribution in [0.25, 0.3) is 0 Å². The molecule has 0 aromatic carbocycles. The molecule has 1 saturated heterocycles. The Labute approximate surface area is 118 Å². The summed E-state index contributed by atoms with van der Waals surface area (Å²) in [6.45, 7) is 3.91. The summed E-state index contributed by atoms with van der Waals surface area (Å²) in [4.78, 5) is 18.2. The number of methoxy groups -OCH3 is 1. The molecule has 0 atom stereocenters. The summed E-state index contributed by atoms with van der Waals surface area (Å²) in [5, 5.41) is 6.62. The fourth-order valence-corrected chi connectivity index (χ4v) is 2.18. The van der Waals surface area contributed by atoms with Crippen LogP contribution >= 0.6 is 0 Å². The monoisotopic (exact) mass is 282 g/mol. The van der Waals surface area contributed by atoms with E-state index in [9.17, 15) is 4.79 Å². The minimum absolute atomic E-state index is 0.0279. The van der Waals surface area contributed by atoms with E-state index in [4.69, 9.17) is 9.26 Å². The molecule has 112 valence electrons. The zero-order valence-electron chi connectivity index (χ0n) is 11.9. The second kappa shape index (κ2) is 7.96. The highest BCUT2D eigenvalue weighted by molar-refractivity contribution is 5.75. The van der Waals surface area contributed by atoms with Gasteiger partial charge >= 0.3 is 0 Å². The Kier molecular flexibility index (Phi) is 5.94. The Bertz CT molecular complexity index is 416. The van der Waals surface area contributed by atoms with Crippen LogP contribution in [0.3, 0.4) is 0 Å². The van der Waals surface area contributed by atoms with Crippen LogP contribution < -0.4 is 5.32 Å². The molecule has 0 radical (unpaired) electrons. The van der Waals surface area contributed by atoms with Crippen LogP contribution in [0.4, 0.5) is 0 Å². The second-order valence-electron chi connectivity index (χ2n) is 4.92. The molecule has 0 bridgehead atoms. The number of nitrogens with zero attached hydrogens (tertiary/aromatic N) is 3. The fraction of sp³-hybridized carbons (Fsp3) is 0.769. The van der Waals surface area contributed by atoms with E-state index in [0.717, 1.165) is 19.6 Å². The molecule has 1 amide bonds. The minimum atomic E-state index is 0.0279. The van der Waals surface area contributed by atoms with Gasteiger partial charge < -0.3 is 19.5 Å². The quantitative estimate of drug-likeness (QED) is 0.741. The van der Waals surface area contributed by atoms with E-state index >= 15 is 0 Å². The second-order valence-corrected chi connectivity index (χ2v) is 4.92. The first kappa shape index (κ1) is 14.9. The molecule has 0 aliphatic carbocycles. The first-order chi connectivity index (χ1) is 9.78. The van der Waals surface area contributed by atoms with E-state index in [1.165, 1.54) is 12.8 Å². The van der Waals surface area contributed by atoms with Gasteiger partial charge in [-0.05, 0) is 25.9 Å². The van der Waals surface area contributed by atoms with Crippen molar-refractivity contribution < 1.29 is 14.1 Å². The van der Waals surface area contributed by atoms with Gasteiger partial charge in [0.05, 0.1) is 19.6 Å². The molecule has 2 rings (SSSR count). The Hall–Kier alpha value is -1.47. The third kappa shape index (κ3) is 4.90. The van der Waals surface area contributed by atoms with Gasteiger partial charge in [-0.25, -0.2) is 0 Å². The van der Waals surface area contributed by atoms with Crippen LogP contribution in [0, 0.1) is 0 Å². The Morgan fingerprint density at radius 2 is 2.25 bits per heavy atom. The van der Waals surface area contributed by atoms with Crippen molar-refractivity contribution in [3.8, 4) is 0 Å². The van der Waals surface area contributed by atoms with Crippen molar-refractivity contribution in [1.82, 2.24) is 20.4 Å². The molecule has 1 aliphatic heterocycles. The van der Waals surface area contributed by atoms with Crippen LogP contribution in [-0.2, 0) is 22.5 Å². The lowest BCUT2D eigenvalue weighted by atomic mass is 10.3. The van der Waals surface area contributed by atoms with Gasteiger partial charge in [0, 0.05) is 20.1 Å². The molecule has 0 unspecified atom stereocenters. The maximum Gasteiger partial charge on any atom is 0.229 e. The summed E-state index contributed by atoms with van der Waals surface area (Å²) < 4.78 is 9.97. The van der Waals surface area contributed by atoms with Gasteiger partial charge in [0.2, 0.25) is 11.8 Å². The lowest BCUT2D eigenvalue weighted by Gasteiger charge is -2.13. The summed E-state index contributed by atoms with van der Waals surface area (Å²) in [6, 6.07) is 0. The zero-order chi connectivity index (χ0) is 14.2. The molecule has 7 nitrogen and oxygen atoms in total. The van der Waals surface area contributed by atoms with E-state index < -0.39 is 0 Å². The number of likely N-dealkylation sites (tertiary alicyclic amines) is 1. The molecular formula is C13H22N4O3. The van der Waals surface area contributed by atoms with Crippen LogP contribution in [0.5, 0.6) is 0 Å². The van der Waals surface area contributed by atoms with E-state index in [2.05, 4.69) is 20.4 Å². The number of aromatic nitrogens is 2. The number of carbonyl (C=O) groups excluding carboxylic acids is 1. The standard InChI is InChI=1S/C13H22N4O3/c1-19-9-5-13-15-11(16-20-13)10-14-12(18)4-8-17-6-2-3-7-17/h2-10H2,1H3,(H,14,18). The lowest BCUT2D eigenvalue weighted by molar-refractivity contribution is -0.121. The van der Waals surface area contributed by atoms with E-state index in [1.54, 1.807) is 7.11 Å². The topological polar surface area (TPSA) is 80.5 Å². The number of hydrogen-bond acceptors (Lipinski definition) is 6. The highest BCUT2D eigenvalue weighted by Gasteiger charge is 2.13. The average molecular weight is 282 g/mol. The molecule has 20 heavy (non-hydrogen) atoms. The Morgan fingerprint density at radius 1 is 1.45 bits per heavy atom. The predicted octanol–water partition coefficient (Wildman–Crippen LogP) is 0.361. The van der Waals surface area contributed by atoms with Crippen molar-refractivity contribution in [1.29, 1.82) is 0 Å². The van der Waals surface area contributed by atoms with E-state index in [0.29, 0.717) is 37.7 Å². The van der Waals surface area contributed by atoms with Gasteiger partial charge in [0.15, 0.2) is 5.82 Å². The first-order valence-electron chi connectivity index (χ1n) is 7.07. The van der Waals surface area contributed by atoms with Crippen molar-refractivity contribution >= 4 is 5.91 Å². The SMILES string of the molecule is COCCc1nc(CNC(=O)CCN2CCCC2)no1. The van der Waals surface area contributed by atoms with Crippen LogP contribution in [-0.4, -0.2) is 54.3 Å². The van der Waals surface area contributed by atoms with Crippen molar-refractivity contribution in [2.75, 3.05) is 33.4 Å². The number of ether oxygens (including phenoxy) is 1. The summed E-state index contributed by atoms with van der Waals surface area (Å²) in [5.41, 5.74) is 0. The highest BCUT2D eigenvalue weighted by Crippen LogP contribution is 2.07. The molecule has 1 aromatic rings. The molecule has 1 N–H and O–H groups in total. The third-order valence-corrected chi connectivity index (χ3v) is 3.33. The number of rotatable bonds is 8. The van der Waals surface area contributed by atoms with Gasteiger partial charge in [-0.15, -0.1) is 0 Å². The zero-order valence-corrected chi connectivity index (χ0v) is 11.9. The van der Waals surface area contributed by atoms with E-state index in [-0.39, 0.29) is 5.91 Å². The molecule has 1 aromatic heterocycles. The molecular weight excluding hydrogens is 260 g/mol. The molecule has 1 fully saturated rings. The lowest BCUT2D eigenvalue weighted by Crippen LogP contribution is -2.29. The minimum Gasteiger partial charge on any atom is -0.384 e. The average Bonchev–Trinajstić information content (AvgIpc) is 3.12. The van der Waals surface area contributed by atoms with E-state index in [1.807, 2.05) is 0 Å². The first-order valence-corrected chi connectivity index (χ1v) is 7.07. The number of hydrogen-bond donors (Lipinski definition) is 1.